The first-order valence-corrected chi connectivity index (χ1v) is 19.3. The monoisotopic (exact) mass is 653 g/mol. The Hall–Kier alpha value is -2.12. The van der Waals surface area contributed by atoms with Gasteiger partial charge in [-0.05, 0) is 25.7 Å². The second kappa shape index (κ2) is 32.8. The summed E-state index contributed by atoms with van der Waals surface area (Å²) in [7, 11) is 0. The summed E-state index contributed by atoms with van der Waals surface area (Å²) in [6.45, 7) is 5.51. The van der Waals surface area contributed by atoms with E-state index in [4.69, 9.17) is 0 Å². The maximum absolute atomic E-state index is 12.6. The van der Waals surface area contributed by atoms with Gasteiger partial charge >= 0.3 is 11.9 Å². The highest BCUT2D eigenvalue weighted by Crippen LogP contribution is 2.18. The molecule has 2 amide bonds. The van der Waals surface area contributed by atoms with Gasteiger partial charge in [0.15, 0.2) is 0 Å². The maximum atomic E-state index is 12.6. The van der Waals surface area contributed by atoms with Crippen LogP contribution in [-0.4, -0.2) is 47.1 Å². The molecule has 0 radical (unpaired) electrons. The Morgan fingerprint density at radius 2 is 0.674 bits per heavy atom. The number of carboxylic acids is 2. The Balaban J connectivity index is 4.03. The van der Waals surface area contributed by atoms with Crippen LogP contribution in [-0.2, 0) is 19.2 Å². The number of aliphatic carboxylic acids is 2. The second-order valence-electron chi connectivity index (χ2n) is 13.5. The van der Waals surface area contributed by atoms with Crippen molar-refractivity contribution in [2.75, 3.05) is 13.1 Å². The topological polar surface area (TPSA) is 133 Å². The smallest absolute Gasteiger partial charge is 0.304 e. The second-order valence-corrected chi connectivity index (χ2v) is 13.5. The number of amides is 2. The zero-order valence-corrected chi connectivity index (χ0v) is 29.9. The summed E-state index contributed by atoms with van der Waals surface area (Å²) in [6.07, 6.45) is 28.6. The minimum atomic E-state index is -0.927. The van der Waals surface area contributed by atoms with Gasteiger partial charge in [0.25, 0.3) is 0 Å². The average Bonchev–Trinajstić information content (AvgIpc) is 3.02. The normalized spacial score (nSPS) is 12.5. The van der Waals surface area contributed by atoms with Gasteiger partial charge < -0.3 is 20.8 Å². The predicted molar refractivity (Wildman–Crippen MR) is 189 cm³/mol. The molecule has 2 unspecified atom stereocenters. The molecule has 8 nitrogen and oxygen atoms in total. The van der Waals surface area contributed by atoms with Crippen LogP contribution in [0.4, 0.5) is 0 Å². The highest BCUT2D eigenvalue weighted by Gasteiger charge is 2.22. The van der Waals surface area contributed by atoms with Crippen LogP contribution in [0.25, 0.3) is 0 Å². The number of hydrogen-bond acceptors (Lipinski definition) is 4. The third-order valence-electron chi connectivity index (χ3n) is 9.10. The molecule has 0 heterocycles. The minimum Gasteiger partial charge on any atom is -0.481 e. The summed E-state index contributed by atoms with van der Waals surface area (Å²) in [6, 6.07) is 0. The van der Waals surface area contributed by atoms with Gasteiger partial charge in [0.05, 0.1) is 12.8 Å². The summed E-state index contributed by atoms with van der Waals surface area (Å²) in [5, 5.41) is 24.4. The van der Waals surface area contributed by atoms with E-state index >= 15 is 0 Å². The van der Waals surface area contributed by atoms with Crippen molar-refractivity contribution in [3.05, 3.63) is 0 Å². The van der Waals surface area contributed by atoms with Gasteiger partial charge in [-0.1, -0.05) is 155 Å². The van der Waals surface area contributed by atoms with Gasteiger partial charge in [-0.25, -0.2) is 0 Å². The summed E-state index contributed by atoms with van der Waals surface area (Å²) in [5.74, 6) is -3.11. The van der Waals surface area contributed by atoms with Crippen molar-refractivity contribution in [3.8, 4) is 0 Å². The number of rotatable bonds is 35. The van der Waals surface area contributed by atoms with E-state index in [0.717, 1.165) is 64.2 Å². The zero-order valence-electron chi connectivity index (χ0n) is 29.9. The fourth-order valence-electron chi connectivity index (χ4n) is 6.15. The van der Waals surface area contributed by atoms with Crippen molar-refractivity contribution in [1.29, 1.82) is 0 Å². The predicted octanol–water partition coefficient (Wildman–Crippen LogP) is 9.58. The number of carbonyl (C=O) groups is 4. The van der Waals surface area contributed by atoms with Crippen LogP contribution in [0, 0.1) is 11.8 Å². The van der Waals surface area contributed by atoms with Crippen LogP contribution in [0.5, 0.6) is 0 Å². The van der Waals surface area contributed by atoms with Gasteiger partial charge in [0.1, 0.15) is 0 Å². The molecular weight excluding hydrogens is 580 g/mol. The summed E-state index contributed by atoms with van der Waals surface area (Å²) < 4.78 is 0. The lowest BCUT2D eigenvalue weighted by Crippen LogP contribution is -2.33. The SMILES string of the molecule is CCCCCCCCCCCCC(CC(=O)O)C(=O)NCCCCCCNC(=O)C(CCCCCCCCCCCC)CC(=O)O. The van der Waals surface area contributed by atoms with Crippen molar-refractivity contribution in [2.24, 2.45) is 11.8 Å². The molecule has 4 N–H and O–H groups in total. The first kappa shape index (κ1) is 43.9. The molecule has 0 rings (SSSR count). The third kappa shape index (κ3) is 29.3. The van der Waals surface area contributed by atoms with Gasteiger partial charge in [0.2, 0.25) is 11.8 Å². The molecule has 2 atom stereocenters. The number of carboxylic acid groups (broad SMARTS) is 2. The molecule has 270 valence electrons. The fourth-order valence-corrected chi connectivity index (χ4v) is 6.15. The van der Waals surface area contributed by atoms with E-state index in [1.54, 1.807) is 0 Å². The molecule has 0 fully saturated rings. The Morgan fingerprint density at radius 1 is 0.413 bits per heavy atom. The number of unbranched alkanes of at least 4 members (excludes halogenated alkanes) is 21. The van der Waals surface area contributed by atoms with Gasteiger partial charge in [0, 0.05) is 24.9 Å². The fraction of sp³-hybridized carbons (Fsp3) is 0.895. The van der Waals surface area contributed by atoms with Crippen molar-refractivity contribution >= 4 is 23.8 Å². The standard InChI is InChI=1S/C38H72N2O6/c1-3-5-7-9-11-13-15-17-19-23-27-33(31-35(41)42)37(45)39-29-25-21-22-26-30-40-38(46)34(32-36(43)44)28-24-20-18-16-14-12-10-8-6-4-2/h33-34H,3-32H2,1-2H3,(H,39,45)(H,40,46)(H,41,42)(H,43,44). The molecule has 0 aromatic rings. The van der Waals surface area contributed by atoms with Crippen LogP contribution in [0.2, 0.25) is 0 Å². The van der Waals surface area contributed by atoms with Gasteiger partial charge in [-0.2, -0.15) is 0 Å². The highest BCUT2D eigenvalue weighted by molar-refractivity contribution is 5.83. The average molecular weight is 653 g/mol. The molecule has 0 aliphatic rings. The molecular formula is C38H72N2O6. The quantitative estimate of drug-likeness (QED) is 0.0504. The molecule has 0 bridgehead atoms. The van der Waals surface area contributed by atoms with E-state index in [0.29, 0.717) is 25.9 Å². The Bertz CT molecular complexity index is 697. The molecule has 0 spiro atoms. The number of carbonyl (C=O) groups excluding carboxylic acids is 2. The largest absolute Gasteiger partial charge is 0.481 e. The minimum absolute atomic E-state index is 0.120. The lowest BCUT2D eigenvalue weighted by molar-refractivity contribution is -0.141. The maximum Gasteiger partial charge on any atom is 0.304 e. The van der Waals surface area contributed by atoms with Gasteiger partial charge in [-0.3, -0.25) is 19.2 Å². The first-order chi connectivity index (χ1) is 22.3. The van der Waals surface area contributed by atoms with E-state index < -0.39 is 23.8 Å². The Labute approximate surface area is 282 Å². The van der Waals surface area contributed by atoms with Crippen LogP contribution >= 0.6 is 0 Å². The molecule has 0 aliphatic heterocycles. The zero-order chi connectivity index (χ0) is 34.1. The molecule has 8 heteroatoms. The van der Waals surface area contributed by atoms with E-state index in [1.165, 1.54) is 89.9 Å². The molecule has 0 aromatic heterocycles. The van der Waals surface area contributed by atoms with E-state index in [-0.39, 0.29) is 24.7 Å². The molecule has 46 heavy (non-hydrogen) atoms. The number of hydrogen-bond donors (Lipinski definition) is 4. The van der Waals surface area contributed by atoms with E-state index in [1.807, 2.05) is 0 Å². The van der Waals surface area contributed by atoms with E-state index in [9.17, 15) is 29.4 Å². The first-order valence-electron chi connectivity index (χ1n) is 19.3. The van der Waals surface area contributed by atoms with Crippen molar-refractivity contribution in [1.82, 2.24) is 10.6 Å². The molecule has 0 aliphatic carbocycles. The van der Waals surface area contributed by atoms with Crippen LogP contribution in [0.1, 0.15) is 194 Å². The summed E-state index contributed by atoms with van der Waals surface area (Å²) >= 11 is 0. The van der Waals surface area contributed by atoms with Crippen molar-refractivity contribution < 1.29 is 29.4 Å². The highest BCUT2D eigenvalue weighted by atomic mass is 16.4. The van der Waals surface area contributed by atoms with Crippen LogP contribution < -0.4 is 10.6 Å². The van der Waals surface area contributed by atoms with Crippen LogP contribution in [0.3, 0.4) is 0 Å². The lowest BCUT2D eigenvalue weighted by Gasteiger charge is -2.15. The van der Waals surface area contributed by atoms with Crippen molar-refractivity contribution in [2.45, 2.75) is 194 Å². The number of nitrogens with one attached hydrogen (secondary N) is 2. The Kier molecular flexibility index (Phi) is 31.3. The third-order valence-corrected chi connectivity index (χ3v) is 9.10. The van der Waals surface area contributed by atoms with E-state index in [2.05, 4.69) is 24.5 Å². The summed E-state index contributed by atoms with van der Waals surface area (Å²) in [4.78, 5) is 47.9. The Morgan fingerprint density at radius 3 is 0.957 bits per heavy atom. The molecule has 0 aromatic carbocycles. The van der Waals surface area contributed by atoms with Crippen LogP contribution in [0.15, 0.2) is 0 Å². The molecule has 0 saturated heterocycles. The molecule has 0 saturated carbocycles. The van der Waals surface area contributed by atoms with Gasteiger partial charge in [-0.15, -0.1) is 0 Å². The lowest BCUT2D eigenvalue weighted by atomic mass is 9.96. The van der Waals surface area contributed by atoms with Crippen molar-refractivity contribution in [3.63, 3.8) is 0 Å². The summed E-state index contributed by atoms with van der Waals surface area (Å²) in [5.41, 5.74) is 0.